The van der Waals surface area contributed by atoms with E-state index in [1.54, 1.807) is 0 Å². The molecule has 0 aliphatic rings. The molecule has 0 rings (SSSR count). The Morgan fingerprint density at radius 1 is 0.929 bits per heavy atom. The zero-order valence-corrected chi connectivity index (χ0v) is 9.69. The first-order chi connectivity index (χ1) is 6.52. The van der Waals surface area contributed by atoms with E-state index in [4.69, 9.17) is 9.47 Å². The van der Waals surface area contributed by atoms with Gasteiger partial charge in [0.2, 0.25) is 0 Å². The molecule has 1 N–H and O–H groups in total. The van der Waals surface area contributed by atoms with E-state index in [1.807, 2.05) is 27.7 Å². The Labute approximate surface area is 86.8 Å². The molecule has 0 aliphatic heterocycles. The summed E-state index contributed by atoms with van der Waals surface area (Å²) in [6.45, 7) is 10.1. The lowest BCUT2D eigenvalue weighted by molar-refractivity contribution is -0.121. The van der Waals surface area contributed by atoms with Crippen LogP contribution in [0, 0.1) is 0 Å². The Bertz CT molecular complexity index is 115. The molecule has 0 unspecified atom stereocenters. The maximum Gasteiger partial charge on any atom is 0.0620 e. The molecule has 0 heterocycles. The van der Waals surface area contributed by atoms with Crippen LogP contribution in [0.15, 0.2) is 0 Å². The minimum atomic E-state index is 0.218. The number of ether oxygens (including phenoxy) is 2. The van der Waals surface area contributed by atoms with Gasteiger partial charge in [0.15, 0.2) is 0 Å². The predicted octanol–water partition coefficient (Wildman–Crippen LogP) is 1.53. The summed E-state index contributed by atoms with van der Waals surface area (Å²) in [5.41, 5.74) is 0. The molecular weight excluding hydrogens is 182 g/mol. The van der Waals surface area contributed by atoms with E-state index in [1.165, 1.54) is 5.06 Å². The molecule has 0 bridgehead atoms. The molecule has 0 spiro atoms. The second-order valence-electron chi connectivity index (χ2n) is 3.79. The van der Waals surface area contributed by atoms with Crippen molar-refractivity contribution in [3.8, 4) is 0 Å². The third kappa shape index (κ3) is 9.92. The monoisotopic (exact) mass is 205 g/mol. The molecule has 0 saturated carbocycles. The predicted molar refractivity (Wildman–Crippen MR) is 55.5 cm³/mol. The van der Waals surface area contributed by atoms with Crippen molar-refractivity contribution in [2.75, 3.05) is 26.3 Å². The highest BCUT2D eigenvalue weighted by Gasteiger charge is 2.02. The highest BCUT2D eigenvalue weighted by Crippen LogP contribution is 1.91. The van der Waals surface area contributed by atoms with Gasteiger partial charge in [0.1, 0.15) is 0 Å². The third-order valence-electron chi connectivity index (χ3n) is 1.60. The zero-order valence-electron chi connectivity index (χ0n) is 9.69. The summed E-state index contributed by atoms with van der Waals surface area (Å²) < 4.78 is 10.6. The smallest absolute Gasteiger partial charge is 0.0620 e. The minimum absolute atomic E-state index is 0.218. The fraction of sp³-hybridized carbons (Fsp3) is 1.00. The summed E-state index contributed by atoms with van der Waals surface area (Å²) >= 11 is 0. The van der Waals surface area contributed by atoms with E-state index in [-0.39, 0.29) is 12.2 Å². The molecule has 4 nitrogen and oxygen atoms in total. The summed E-state index contributed by atoms with van der Waals surface area (Å²) in [5.74, 6) is 0. The standard InChI is InChI=1S/C10H23NO3/c1-9(2)13-7-5-11(12)6-8-14-10(3)4/h9-10,12H,5-8H2,1-4H3. The van der Waals surface area contributed by atoms with Crippen LogP contribution in [0.3, 0.4) is 0 Å². The molecule has 0 saturated heterocycles. The average molecular weight is 205 g/mol. The Hall–Kier alpha value is -0.160. The summed E-state index contributed by atoms with van der Waals surface area (Å²) in [6.07, 6.45) is 0.436. The molecule has 86 valence electrons. The largest absolute Gasteiger partial charge is 0.377 e. The molecule has 0 atom stereocenters. The molecule has 0 aromatic rings. The second-order valence-corrected chi connectivity index (χ2v) is 3.79. The molecule has 0 aliphatic carbocycles. The van der Waals surface area contributed by atoms with Crippen LogP contribution in [0.5, 0.6) is 0 Å². The summed E-state index contributed by atoms with van der Waals surface area (Å²) in [5, 5.41) is 10.6. The lowest BCUT2D eigenvalue weighted by Gasteiger charge is -2.16. The van der Waals surface area contributed by atoms with Gasteiger partial charge in [-0.1, -0.05) is 0 Å². The van der Waals surface area contributed by atoms with Gasteiger partial charge in [-0.15, -0.1) is 0 Å². The SMILES string of the molecule is CC(C)OCCN(O)CCOC(C)C. The molecule has 0 aromatic heterocycles. The van der Waals surface area contributed by atoms with E-state index in [0.717, 1.165) is 0 Å². The van der Waals surface area contributed by atoms with Gasteiger partial charge < -0.3 is 14.7 Å². The zero-order chi connectivity index (χ0) is 11.0. The lowest BCUT2D eigenvalue weighted by atomic mass is 10.5. The third-order valence-corrected chi connectivity index (χ3v) is 1.60. The number of nitrogens with zero attached hydrogens (tertiary/aromatic N) is 1. The highest BCUT2D eigenvalue weighted by atomic mass is 16.5. The molecule has 0 fully saturated rings. The summed E-state index contributed by atoms with van der Waals surface area (Å²) in [6, 6.07) is 0. The normalized spacial score (nSPS) is 12.0. The fourth-order valence-corrected chi connectivity index (χ4v) is 0.899. The average Bonchev–Trinajstić information content (AvgIpc) is 2.02. The van der Waals surface area contributed by atoms with Crippen LogP contribution in [0.25, 0.3) is 0 Å². The van der Waals surface area contributed by atoms with Crippen molar-refractivity contribution in [2.45, 2.75) is 39.9 Å². The van der Waals surface area contributed by atoms with Crippen LogP contribution in [-0.2, 0) is 9.47 Å². The molecule has 0 aromatic carbocycles. The Morgan fingerprint density at radius 2 is 1.29 bits per heavy atom. The number of hydrogen-bond acceptors (Lipinski definition) is 4. The van der Waals surface area contributed by atoms with Crippen molar-refractivity contribution in [2.24, 2.45) is 0 Å². The molecule has 0 amide bonds. The first-order valence-corrected chi connectivity index (χ1v) is 5.19. The first kappa shape index (κ1) is 13.8. The van der Waals surface area contributed by atoms with Crippen LogP contribution in [-0.4, -0.2) is 48.8 Å². The number of hydroxylamine groups is 2. The van der Waals surface area contributed by atoms with Crippen molar-refractivity contribution in [3.63, 3.8) is 0 Å². The topological polar surface area (TPSA) is 41.9 Å². The van der Waals surface area contributed by atoms with E-state index >= 15 is 0 Å². The Balaban J connectivity index is 3.23. The van der Waals surface area contributed by atoms with Gasteiger partial charge in [-0.25, -0.2) is 0 Å². The van der Waals surface area contributed by atoms with Crippen molar-refractivity contribution in [1.29, 1.82) is 0 Å². The van der Waals surface area contributed by atoms with Gasteiger partial charge in [-0.3, -0.25) is 0 Å². The second kappa shape index (κ2) is 8.17. The first-order valence-electron chi connectivity index (χ1n) is 5.19. The highest BCUT2D eigenvalue weighted by molar-refractivity contribution is 4.46. The number of hydrogen-bond donors (Lipinski definition) is 1. The van der Waals surface area contributed by atoms with Gasteiger partial charge in [-0.2, -0.15) is 5.06 Å². The molecule has 14 heavy (non-hydrogen) atoms. The fourth-order valence-electron chi connectivity index (χ4n) is 0.899. The van der Waals surface area contributed by atoms with E-state index in [0.29, 0.717) is 26.3 Å². The van der Waals surface area contributed by atoms with Gasteiger partial charge in [0.05, 0.1) is 25.4 Å². The van der Waals surface area contributed by atoms with Crippen LogP contribution < -0.4 is 0 Å². The summed E-state index contributed by atoms with van der Waals surface area (Å²) in [4.78, 5) is 0. The Morgan fingerprint density at radius 3 is 1.57 bits per heavy atom. The van der Waals surface area contributed by atoms with Crippen LogP contribution >= 0.6 is 0 Å². The van der Waals surface area contributed by atoms with Crippen LogP contribution in [0.2, 0.25) is 0 Å². The van der Waals surface area contributed by atoms with Gasteiger partial charge >= 0.3 is 0 Å². The van der Waals surface area contributed by atoms with Crippen molar-refractivity contribution >= 4 is 0 Å². The van der Waals surface area contributed by atoms with Gasteiger partial charge in [0, 0.05) is 13.1 Å². The van der Waals surface area contributed by atoms with Crippen molar-refractivity contribution in [3.05, 3.63) is 0 Å². The van der Waals surface area contributed by atoms with Crippen LogP contribution in [0.1, 0.15) is 27.7 Å². The van der Waals surface area contributed by atoms with E-state index < -0.39 is 0 Å². The van der Waals surface area contributed by atoms with Crippen LogP contribution in [0.4, 0.5) is 0 Å². The molecular formula is C10H23NO3. The Kier molecular flexibility index (Phi) is 8.08. The molecule has 4 heteroatoms. The maximum atomic E-state index is 9.35. The van der Waals surface area contributed by atoms with E-state index in [9.17, 15) is 5.21 Å². The minimum Gasteiger partial charge on any atom is -0.377 e. The van der Waals surface area contributed by atoms with Gasteiger partial charge in [0.25, 0.3) is 0 Å². The number of rotatable bonds is 8. The molecule has 0 radical (unpaired) electrons. The van der Waals surface area contributed by atoms with Crippen molar-refractivity contribution in [1.82, 2.24) is 5.06 Å². The quantitative estimate of drug-likeness (QED) is 0.610. The van der Waals surface area contributed by atoms with E-state index in [2.05, 4.69) is 0 Å². The maximum absolute atomic E-state index is 9.35. The lowest BCUT2D eigenvalue weighted by Crippen LogP contribution is -2.29. The van der Waals surface area contributed by atoms with Crippen molar-refractivity contribution < 1.29 is 14.7 Å². The summed E-state index contributed by atoms with van der Waals surface area (Å²) in [7, 11) is 0. The van der Waals surface area contributed by atoms with Gasteiger partial charge in [-0.05, 0) is 27.7 Å².